The first-order chi connectivity index (χ1) is 11.1. The van der Waals surface area contributed by atoms with E-state index in [1.54, 1.807) is 12.1 Å². The quantitative estimate of drug-likeness (QED) is 0.913. The Kier molecular flexibility index (Phi) is 4.06. The number of halogens is 1. The van der Waals surface area contributed by atoms with Crippen molar-refractivity contribution in [3.05, 3.63) is 47.3 Å². The Hall–Kier alpha value is -2.76. The van der Waals surface area contributed by atoms with Crippen molar-refractivity contribution >= 4 is 11.6 Å². The molecule has 1 aliphatic heterocycles. The molecule has 0 radical (unpaired) electrons. The van der Waals surface area contributed by atoms with Crippen molar-refractivity contribution in [2.45, 2.75) is 12.8 Å². The summed E-state index contributed by atoms with van der Waals surface area (Å²) in [7, 11) is 1.29. The number of benzene rings is 2. The van der Waals surface area contributed by atoms with Gasteiger partial charge in [0.05, 0.1) is 13.7 Å². The monoisotopic (exact) mass is 317 g/mol. The van der Waals surface area contributed by atoms with Crippen LogP contribution in [0, 0.1) is 5.82 Å². The van der Waals surface area contributed by atoms with Crippen LogP contribution in [0.3, 0.4) is 0 Å². The number of nitrogens with one attached hydrogen (secondary N) is 1. The lowest BCUT2D eigenvalue weighted by molar-refractivity contribution is 0.102. The van der Waals surface area contributed by atoms with Crippen molar-refractivity contribution in [2.75, 3.05) is 19.0 Å². The fraction of sp³-hybridized carbons (Fsp3) is 0.235. The summed E-state index contributed by atoms with van der Waals surface area (Å²) < 4.78 is 24.0. The molecule has 2 aromatic rings. The van der Waals surface area contributed by atoms with Crippen LogP contribution >= 0.6 is 0 Å². The number of phenols is 1. The van der Waals surface area contributed by atoms with Crippen molar-refractivity contribution in [1.29, 1.82) is 0 Å². The van der Waals surface area contributed by atoms with Crippen molar-refractivity contribution in [1.82, 2.24) is 0 Å². The Morgan fingerprint density at radius 1 is 1.35 bits per heavy atom. The van der Waals surface area contributed by atoms with Gasteiger partial charge in [-0.2, -0.15) is 0 Å². The second-order valence-corrected chi connectivity index (χ2v) is 5.24. The van der Waals surface area contributed by atoms with E-state index >= 15 is 0 Å². The lowest BCUT2D eigenvalue weighted by atomic mass is 10.1. The molecule has 0 unspecified atom stereocenters. The molecule has 0 aromatic heterocycles. The van der Waals surface area contributed by atoms with Gasteiger partial charge in [0.2, 0.25) is 0 Å². The number of hydrogen-bond acceptors (Lipinski definition) is 4. The maximum absolute atomic E-state index is 13.6. The minimum absolute atomic E-state index is 0.0517. The zero-order valence-corrected chi connectivity index (χ0v) is 12.6. The molecule has 1 aliphatic rings. The van der Waals surface area contributed by atoms with Crippen LogP contribution in [-0.4, -0.2) is 24.7 Å². The number of rotatable bonds is 3. The first-order valence-corrected chi connectivity index (χ1v) is 7.22. The van der Waals surface area contributed by atoms with Crippen LogP contribution in [0.2, 0.25) is 0 Å². The standard InChI is InChI=1S/C17H16FNO4/c1-22-15-8-11(7-13(18)16(15)20)17(21)19-12-5-4-10-3-2-6-23-14(10)9-12/h4-5,7-9,20H,2-3,6H2,1H3,(H,19,21). The zero-order chi connectivity index (χ0) is 16.4. The number of ether oxygens (including phenoxy) is 2. The molecule has 0 atom stereocenters. The van der Waals surface area contributed by atoms with Crippen LogP contribution in [0.5, 0.6) is 17.2 Å². The van der Waals surface area contributed by atoms with Crippen molar-refractivity contribution in [3.8, 4) is 17.2 Å². The maximum Gasteiger partial charge on any atom is 0.255 e. The number of hydrogen-bond donors (Lipinski definition) is 2. The molecule has 2 N–H and O–H groups in total. The summed E-state index contributed by atoms with van der Waals surface area (Å²) >= 11 is 0. The van der Waals surface area contributed by atoms with Crippen molar-refractivity contribution in [2.24, 2.45) is 0 Å². The molecule has 5 nitrogen and oxygen atoms in total. The Labute approximate surface area is 132 Å². The van der Waals surface area contributed by atoms with E-state index in [9.17, 15) is 14.3 Å². The van der Waals surface area contributed by atoms with Gasteiger partial charge in [0.25, 0.3) is 5.91 Å². The molecule has 3 rings (SSSR count). The highest BCUT2D eigenvalue weighted by Crippen LogP contribution is 2.31. The molecule has 2 aromatic carbocycles. The Bertz CT molecular complexity index is 760. The summed E-state index contributed by atoms with van der Waals surface area (Å²) in [6.07, 6.45) is 1.93. The van der Waals surface area contributed by atoms with Gasteiger partial charge in [0, 0.05) is 17.3 Å². The molecule has 1 amide bonds. The van der Waals surface area contributed by atoms with Crippen LogP contribution in [0.4, 0.5) is 10.1 Å². The summed E-state index contributed by atoms with van der Waals surface area (Å²) in [5.41, 5.74) is 1.71. The summed E-state index contributed by atoms with van der Waals surface area (Å²) in [5, 5.41) is 12.2. The number of amides is 1. The molecule has 23 heavy (non-hydrogen) atoms. The number of fused-ring (bicyclic) bond motifs is 1. The van der Waals surface area contributed by atoms with Crippen LogP contribution in [0.15, 0.2) is 30.3 Å². The van der Waals surface area contributed by atoms with Gasteiger partial charge in [-0.05, 0) is 36.6 Å². The van der Waals surface area contributed by atoms with Gasteiger partial charge in [-0.25, -0.2) is 4.39 Å². The number of aryl methyl sites for hydroxylation is 1. The number of carbonyl (C=O) groups is 1. The molecule has 120 valence electrons. The van der Waals surface area contributed by atoms with Gasteiger partial charge in [0.1, 0.15) is 5.75 Å². The molecule has 0 saturated carbocycles. The van der Waals surface area contributed by atoms with E-state index in [1.165, 1.54) is 13.2 Å². The van der Waals surface area contributed by atoms with Crippen molar-refractivity contribution in [3.63, 3.8) is 0 Å². The topological polar surface area (TPSA) is 67.8 Å². The highest BCUT2D eigenvalue weighted by atomic mass is 19.1. The number of methoxy groups -OCH3 is 1. The summed E-state index contributed by atoms with van der Waals surface area (Å²) in [6.45, 7) is 0.658. The smallest absolute Gasteiger partial charge is 0.255 e. The predicted octanol–water partition coefficient (Wildman–Crippen LogP) is 3.12. The Morgan fingerprint density at radius 2 is 2.17 bits per heavy atom. The van der Waals surface area contributed by atoms with E-state index in [0.29, 0.717) is 12.3 Å². The van der Waals surface area contributed by atoms with Gasteiger partial charge in [0.15, 0.2) is 17.3 Å². The summed E-state index contributed by atoms with van der Waals surface area (Å²) in [4.78, 5) is 12.3. The highest BCUT2D eigenvalue weighted by Gasteiger charge is 2.16. The third-order valence-corrected chi connectivity index (χ3v) is 3.68. The van der Waals surface area contributed by atoms with E-state index in [1.807, 2.05) is 6.07 Å². The predicted molar refractivity (Wildman–Crippen MR) is 82.8 cm³/mol. The van der Waals surface area contributed by atoms with E-state index in [0.717, 1.165) is 30.2 Å². The van der Waals surface area contributed by atoms with E-state index in [2.05, 4.69) is 5.32 Å². The van der Waals surface area contributed by atoms with E-state index in [4.69, 9.17) is 9.47 Å². The van der Waals surface area contributed by atoms with E-state index < -0.39 is 17.5 Å². The number of phenolic OH excluding ortho intramolecular Hbond substituents is 1. The molecule has 1 heterocycles. The van der Waals surface area contributed by atoms with Gasteiger partial charge in [-0.3, -0.25) is 4.79 Å². The fourth-order valence-electron chi connectivity index (χ4n) is 2.48. The average molecular weight is 317 g/mol. The van der Waals surface area contributed by atoms with E-state index in [-0.39, 0.29) is 11.3 Å². The maximum atomic E-state index is 13.6. The minimum atomic E-state index is -0.914. The average Bonchev–Trinajstić information content (AvgIpc) is 2.57. The van der Waals surface area contributed by atoms with Gasteiger partial charge in [-0.15, -0.1) is 0 Å². The van der Waals surface area contributed by atoms with Gasteiger partial charge < -0.3 is 19.9 Å². The fourth-order valence-corrected chi connectivity index (χ4v) is 2.48. The lowest BCUT2D eigenvalue weighted by Gasteiger charge is -2.18. The van der Waals surface area contributed by atoms with Gasteiger partial charge >= 0.3 is 0 Å². The molecular formula is C17H16FNO4. The van der Waals surface area contributed by atoms with Crippen LogP contribution in [0.25, 0.3) is 0 Å². The third-order valence-electron chi connectivity index (χ3n) is 3.68. The molecule has 0 bridgehead atoms. The minimum Gasteiger partial charge on any atom is -0.502 e. The number of aromatic hydroxyl groups is 1. The molecule has 0 aliphatic carbocycles. The van der Waals surface area contributed by atoms with Crippen LogP contribution < -0.4 is 14.8 Å². The second-order valence-electron chi connectivity index (χ2n) is 5.24. The molecule has 0 saturated heterocycles. The SMILES string of the molecule is COc1cc(C(=O)Nc2ccc3c(c2)OCCC3)cc(F)c1O. The molecule has 0 spiro atoms. The molecule has 6 heteroatoms. The molecule has 0 fully saturated rings. The Morgan fingerprint density at radius 3 is 2.96 bits per heavy atom. The van der Waals surface area contributed by atoms with Crippen LogP contribution in [0.1, 0.15) is 22.3 Å². The number of anilines is 1. The Balaban J connectivity index is 1.83. The largest absolute Gasteiger partial charge is 0.502 e. The normalized spacial score (nSPS) is 13.0. The van der Waals surface area contributed by atoms with Gasteiger partial charge in [-0.1, -0.05) is 6.07 Å². The van der Waals surface area contributed by atoms with Crippen molar-refractivity contribution < 1.29 is 23.8 Å². The first-order valence-electron chi connectivity index (χ1n) is 7.22. The first kappa shape index (κ1) is 15.1. The zero-order valence-electron chi connectivity index (χ0n) is 12.6. The molecular weight excluding hydrogens is 301 g/mol. The number of carbonyl (C=O) groups excluding carboxylic acids is 1. The highest BCUT2D eigenvalue weighted by molar-refractivity contribution is 6.04. The lowest BCUT2D eigenvalue weighted by Crippen LogP contribution is -2.14. The summed E-state index contributed by atoms with van der Waals surface area (Å²) in [6, 6.07) is 7.67. The van der Waals surface area contributed by atoms with Crippen LogP contribution in [-0.2, 0) is 6.42 Å². The summed E-state index contributed by atoms with van der Waals surface area (Å²) in [5.74, 6) is -1.38. The third kappa shape index (κ3) is 3.06. The second kappa shape index (κ2) is 6.16.